The second-order valence-electron chi connectivity index (χ2n) is 17.9. The van der Waals surface area contributed by atoms with Gasteiger partial charge in [-0.05, 0) is 25.7 Å². The molecule has 1 amide bonds. The lowest BCUT2D eigenvalue weighted by Gasteiger charge is -2.22. The Bertz CT molecular complexity index is 806. The molecule has 57 heavy (non-hydrogen) atoms. The number of aliphatic hydroxyl groups is 2. The molecule has 0 spiro atoms. The van der Waals surface area contributed by atoms with Crippen molar-refractivity contribution in [3.05, 3.63) is 0 Å². The molecule has 0 saturated heterocycles. The molecule has 0 aromatic rings. The summed E-state index contributed by atoms with van der Waals surface area (Å²) in [6.45, 7) is 4.90. The Morgan fingerprint density at radius 1 is 0.421 bits per heavy atom. The first kappa shape index (κ1) is 55.9. The van der Waals surface area contributed by atoms with Gasteiger partial charge in [0, 0.05) is 12.8 Å². The van der Waals surface area contributed by atoms with E-state index in [9.17, 15) is 19.8 Å². The van der Waals surface area contributed by atoms with Crippen LogP contribution in [0.3, 0.4) is 0 Å². The quantitative estimate of drug-likeness (QED) is 0.0420. The van der Waals surface area contributed by atoms with Gasteiger partial charge >= 0.3 is 5.97 Å². The van der Waals surface area contributed by atoms with Crippen molar-refractivity contribution in [2.24, 2.45) is 0 Å². The van der Waals surface area contributed by atoms with Crippen LogP contribution in [0.5, 0.6) is 0 Å². The molecule has 0 heterocycles. The molecule has 0 bridgehead atoms. The van der Waals surface area contributed by atoms with Crippen molar-refractivity contribution in [1.29, 1.82) is 0 Å². The summed E-state index contributed by atoms with van der Waals surface area (Å²) >= 11 is 0. The van der Waals surface area contributed by atoms with E-state index in [1.54, 1.807) is 0 Å². The number of esters is 1. The number of carbonyl (C=O) groups is 2. The van der Waals surface area contributed by atoms with Crippen molar-refractivity contribution in [3.63, 3.8) is 0 Å². The number of aliphatic hydroxyl groups excluding tert-OH is 2. The van der Waals surface area contributed by atoms with E-state index >= 15 is 0 Å². The smallest absolute Gasteiger partial charge is 0.305 e. The summed E-state index contributed by atoms with van der Waals surface area (Å²) < 4.78 is 5.46. The molecule has 3 N–H and O–H groups in total. The second kappa shape index (κ2) is 47.5. The van der Waals surface area contributed by atoms with Crippen LogP contribution in [0.1, 0.15) is 290 Å². The highest BCUT2D eigenvalue weighted by atomic mass is 16.5. The maximum Gasteiger partial charge on any atom is 0.305 e. The van der Waals surface area contributed by atoms with Gasteiger partial charge in [-0.15, -0.1) is 0 Å². The third kappa shape index (κ3) is 44.2. The zero-order valence-electron chi connectivity index (χ0n) is 38.6. The van der Waals surface area contributed by atoms with Crippen LogP contribution in [0.25, 0.3) is 0 Å². The number of hydrogen-bond acceptors (Lipinski definition) is 5. The highest BCUT2D eigenvalue weighted by Crippen LogP contribution is 2.17. The van der Waals surface area contributed by atoms with E-state index in [-0.39, 0.29) is 18.5 Å². The number of amides is 1. The van der Waals surface area contributed by atoms with Gasteiger partial charge in [-0.2, -0.15) is 0 Å². The van der Waals surface area contributed by atoms with Crippen LogP contribution in [-0.2, 0) is 14.3 Å². The number of nitrogens with one attached hydrogen (secondary N) is 1. The summed E-state index contributed by atoms with van der Waals surface area (Å²) in [5, 5.41) is 23.1. The largest absolute Gasteiger partial charge is 0.466 e. The molecule has 0 saturated carbocycles. The van der Waals surface area contributed by atoms with Crippen LogP contribution >= 0.6 is 0 Å². The topological polar surface area (TPSA) is 95.9 Å². The molecular weight excluding hydrogens is 707 g/mol. The molecule has 0 aromatic heterocycles. The lowest BCUT2D eigenvalue weighted by atomic mass is 10.0. The maximum absolute atomic E-state index is 12.4. The zero-order chi connectivity index (χ0) is 41.5. The van der Waals surface area contributed by atoms with Crippen molar-refractivity contribution in [3.8, 4) is 0 Å². The van der Waals surface area contributed by atoms with Crippen LogP contribution in [0.2, 0.25) is 0 Å². The van der Waals surface area contributed by atoms with Gasteiger partial charge in [-0.3, -0.25) is 9.59 Å². The van der Waals surface area contributed by atoms with Crippen molar-refractivity contribution in [2.75, 3.05) is 13.2 Å². The summed E-state index contributed by atoms with van der Waals surface area (Å²) in [5.74, 6) is -0.0809. The predicted octanol–water partition coefficient (Wildman–Crippen LogP) is 15.2. The Morgan fingerprint density at radius 2 is 0.719 bits per heavy atom. The minimum atomic E-state index is -0.678. The van der Waals surface area contributed by atoms with Gasteiger partial charge in [0.1, 0.15) is 0 Å². The third-order valence-corrected chi connectivity index (χ3v) is 12.2. The van der Waals surface area contributed by atoms with Gasteiger partial charge in [0.2, 0.25) is 5.91 Å². The molecule has 2 unspecified atom stereocenters. The minimum Gasteiger partial charge on any atom is -0.466 e. The molecule has 0 rings (SSSR count). The Labute approximate surface area is 356 Å². The first-order valence-electron chi connectivity index (χ1n) is 25.8. The molecule has 340 valence electrons. The lowest BCUT2D eigenvalue weighted by Crippen LogP contribution is -2.45. The van der Waals surface area contributed by atoms with E-state index in [4.69, 9.17) is 4.74 Å². The van der Waals surface area contributed by atoms with Crippen LogP contribution in [0.15, 0.2) is 0 Å². The lowest BCUT2D eigenvalue weighted by molar-refractivity contribution is -0.143. The number of rotatable bonds is 48. The molecule has 0 aliphatic rings. The summed E-state index contributed by atoms with van der Waals surface area (Å²) in [4.78, 5) is 24.5. The predicted molar refractivity (Wildman–Crippen MR) is 246 cm³/mol. The molecule has 0 radical (unpaired) electrons. The molecular formula is C51H101NO5. The van der Waals surface area contributed by atoms with Crippen molar-refractivity contribution < 1.29 is 24.5 Å². The van der Waals surface area contributed by atoms with Gasteiger partial charge < -0.3 is 20.3 Å². The van der Waals surface area contributed by atoms with Crippen LogP contribution in [-0.4, -0.2) is 47.4 Å². The Morgan fingerprint density at radius 3 is 1.07 bits per heavy atom. The molecule has 0 fully saturated rings. The van der Waals surface area contributed by atoms with Gasteiger partial charge in [-0.25, -0.2) is 0 Å². The highest BCUT2D eigenvalue weighted by Gasteiger charge is 2.20. The summed E-state index contributed by atoms with van der Waals surface area (Å²) in [5.41, 5.74) is 0. The number of carbonyl (C=O) groups excluding carboxylic acids is 2. The molecule has 6 nitrogen and oxygen atoms in total. The fraction of sp³-hybridized carbons (Fsp3) is 0.961. The first-order valence-corrected chi connectivity index (χ1v) is 25.8. The standard InChI is InChI=1S/C51H101NO5/c1-3-5-7-9-11-13-15-17-18-19-20-21-22-23-25-29-33-37-41-45-51(56)57-46-42-38-34-30-26-28-32-36-40-44-50(55)52-48(47-53)49(54)43-39-35-31-27-24-16-14-12-10-8-6-4-2/h48-49,53-54H,3-47H2,1-2H3,(H,52,55). The molecule has 6 heteroatoms. The maximum atomic E-state index is 12.4. The average molecular weight is 808 g/mol. The first-order chi connectivity index (χ1) is 28.0. The van der Waals surface area contributed by atoms with Crippen LogP contribution < -0.4 is 5.32 Å². The van der Waals surface area contributed by atoms with E-state index in [0.717, 1.165) is 57.8 Å². The SMILES string of the molecule is CCCCCCCCCCCCCCCCCCCCCC(=O)OCCCCCCCCCCCC(=O)NC(CO)C(O)CCCCCCCCCCCCCC. The highest BCUT2D eigenvalue weighted by molar-refractivity contribution is 5.76. The fourth-order valence-electron chi connectivity index (χ4n) is 8.17. The van der Waals surface area contributed by atoms with E-state index in [1.807, 2.05) is 0 Å². The van der Waals surface area contributed by atoms with Crippen molar-refractivity contribution >= 4 is 11.9 Å². The van der Waals surface area contributed by atoms with Crippen molar-refractivity contribution in [1.82, 2.24) is 5.32 Å². The van der Waals surface area contributed by atoms with Gasteiger partial charge in [0.15, 0.2) is 0 Å². The third-order valence-electron chi connectivity index (χ3n) is 12.2. The minimum absolute atomic E-state index is 0.0199. The van der Waals surface area contributed by atoms with E-state index in [0.29, 0.717) is 25.9 Å². The average Bonchev–Trinajstić information content (AvgIpc) is 3.21. The Hall–Kier alpha value is -1.14. The summed E-state index contributed by atoms with van der Waals surface area (Å²) in [6, 6.07) is -0.558. The Balaban J connectivity index is 3.43. The monoisotopic (exact) mass is 808 g/mol. The fourth-order valence-corrected chi connectivity index (χ4v) is 8.17. The van der Waals surface area contributed by atoms with Gasteiger partial charge in [-0.1, -0.05) is 251 Å². The second-order valence-corrected chi connectivity index (χ2v) is 17.9. The molecule has 0 aliphatic heterocycles. The Kier molecular flexibility index (Phi) is 46.6. The molecule has 2 atom stereocenters. The summed E-state index contributed by atoms with van der Waals surface area (Å²) in [7, 11) is 0. The number of unbranched alkanes of at least 4 members (excludes halogenated alkanes) is 37. The molecule has 0 aliphatic carbocycles. The van der Waals surface area contributed by atoms with Crippen LogP contribution in [0.4, 0.5) is 0 Å². The van der Waals surface area contributed by atoms with Crippen molar-refractivity contribution in [2.45, 2.75) is 302 Å². The van der Waals surface area contributed by atoms with Crippen LogP contribution in [0, 0.1) is 0 Å². The van der Waals surface area contributed by atoms with E-state index < -0.39 is 12.1 Å². The number of ether oxygens (including phenoxy) is 1. The van der Waals surface area contributed by atoms with Gasteiger partial charge in [0.05, 0.1) is 25.4 Å². The van der Waals surface area contributed by atoms with E-state index in [2.05, 4.69) is 19.2 Å². The molecule has 0 aromatic carbocycles. The van der Waals surface area contributed by atoms with Gasteiger partial charge in [0.25, 0.3) is 0 Å². The summed E-state index contributed by atoms with van der Waals surface area (Å²) in [6.07, 6.45) is 52.2. The number of hydrogen-bond donors (Lipinski definition) is 3. The van der Waals surface area contributed by atoms with E-state index in [1.165, 1.54) is 199 Å². The normalized spacial score (nSPS) is 12.6. The zero-order valence-corrected chi connectivity index (χ0v) is 38.6.